The molecule has 0 saturated carbocycles. The molecule has 1 heterocycles. The normalized spacial score (nSPS) is 10.1. The molecule has 0 aliphatic heterocycles. The standard InChI is InChI=1S/C11H7FOS/c12-9-3-4-10(8(6-9)7-13)11-2-1-5-14-11/h1-7H. The van der Waals surface area contributed by atoms with Crippen molar-refractivity contribution in [2.75, 3.05) is 0 Å². The average molecular weight is 206 g/mol. The number of thiophene rings is 1. The zero-order valence-corrected chi connectivity index (χ0v) is 8.05. The van der Waals surface area contributed by atoms with Crippen molar-refractivity contribution >= 4 is 17.6 Å². The molecule has 0 atom stereocenters. The summed E-state index contributed by atoms with van der Waals surface area (Å²) in [5, 5.41) is 1.92. The molecule has 0 amide bonds. The van der Waals surface area contributed by atoms with Gasteiger partial charge in [-0.25, -0.2) is 4.39 Å². The minimum Gasteiger partial charge on any atom is -0.298 e. The maximum absolute atomic E-state index is 12.8. The lowest BCUT2D eigenvalue weighted by molar-refractivity contribution is 0.112. The van der Waals surface area contributed by atoms with Gasteiger partial charge in [0.25, 0.3) is 0 Å². The van der Waals surface area contributed by atoms with E-state index in [2.05, 4.69) is 0 Å². The molecule has 0 radical (unpaired) electrons. The maximum atomic E-state index is 12.8. The summed E-state index contributed by atoms with van der Waals surface area (Å²) in [6.07, 6.45) is 0.679. The fraction of sp³-hybridized carbons (Fsp3) is 0. The SMILES string of the molecule is O=Cc1cc(F)ccc1-c1cccs1. The molecule has 1 aromatic heterocycles. The highest BCUT2D eigenvalue weighted by atomic mass is 32.1. The molecule has 0 saturated heterocycles. The first-order chi connectivity index (χ1) is 6.81. The zero-order valence-electron chi connectivity index (χ0n) is 7.24. The van der Waals surface area contributed by atoms with E-state index in [-0.39, 0.29) is 5.82 Å². The Morgan fingerprint density at radius 1 is 1.29 bits per heavy atom. The van der Waals surface area contributed by atoms with E-state index in [1.807, 2.05) is 17.5 Å². The van der Waals surface area contributed by atoms with Crippen LogP contribution in [0, 0.1) is 5.82 Å². The maximum Gasteiger partial charge on any atom is 0.150 e. The molecule has 2 aromatic rings. The van der Waals surface area contributed by atoms with Crippen LogP contribution < -0.4 is 0 Å². The summed E-state index contributed by atoms with van der Waals surface area (Å²) >= 11 is 1.53. The Morgan fingerprint density at radius 3 is 2.79 bits per heavy atom. The van der Waals surface area contributed by atoms with Gasteiger partial charge in [-0.2, -0.15) is 0 Å². The quantitative estimate of drug-likeness (QED) is 0.688. The lowest BCUT2D eigenvalue weighted by atomic mass is 10.1. The first-order valence-electron chi connectivity index (χ1n) is 4.10. The molecule has 3 heteroatoms. The first kappa shape index (κ1) is 9.09. The molecule has 70 valence electrons. The lowest BCUT2D eigenvalue weighted by Crippen LogP contribution is -1.87. The minimum atomic E-state index is -0.382. The monoisotopic (exact) mass is 206 g/mol. The topological polar surface area (TPSA) is 17.1 Å². The Morgan fingerprint density at radius 2 is 2.14 bits per heavy atom. The highest BCUT2D eigenvalue weighted by Gasteiger charge is 2.05. The zero-order chi connectivity index (χ0) is 9.97. The van der Waals surface area contributed by atoms with Crippen molar-refractivity contribution in [1.82, 2.24) is 0 Å². The number of carbonyl (C=O) groups excluding carboxylic acids is 1. The van der Waals surface area contributed by atoms with Gasteiger partial charge in [0.05, 0.1) is 0 Å². The minimum absolute atomic E-state index is 0.382. The van der Waals surface area contributed by atoms with Crippen molar-refractivity contribution in [2.45, 2.75) is 0 Å². The van der Waals surface area contributed by atoms with E-state index in [1.165, 1.54) is 23.5 Å². The molecular weight excluding hydrogens is 199 g/mol. The second-order valence-electron chi connectivity index (χ2n) is 2.83. The van der Waals surface area contributed by atoms with Crippen molar-refractivity contribution in [2.24, 2.45) is 0 Å². The number of carbonyl (C=O) groups is 1. The highest BCUT2D eigenvalue weighted by Crippen LogP contribution is 2.27. The summed E-state index contributed by atoms with van der Waals surface area (Å²) < 4.78 is 12.8. The fourth-order valence-electron chi connectivity index (χ4n) is 1.29. The number of aldehydes is 1. The summed E-state index contributed by atoms with van der Waals surface area (Å²) in [6, 6.07) is 8.05. The number of rotatable bonds is 2. The molecule has 0 N–H and O–H groups in total. The Kier molecular flexibility index (Phi) is 2.41. The molecule has 0 unspecified atom stereocenters. The van der Waals surface area contributed by atoms with Crippen LogP contribution in [0.25, 0.3) is 10.4 Å². The van der Waals surface area contributed by atoms with Crippen LogP contribution in [0.4, 0.5) is 4.39 Å². The van der Waals surface area contributed by atoms with Crippen LogP contribution in [-0.4, -0.2) is 6.29 Å². The van der Waals surface area contributed by atoms with E-state index in [1.54, 1.807) is 6.07 Å². The van der Waals surface area contributed by atoms with Gasteiger partial charge in [0.2, 0.25) is 0 Å². The van der Waals surface area contributed by atoms with Crippen LogP contribution in [0.3, 0.4) is 0 Å². The van der Waals surface area contributed by atoms with Crippen molar-refractivity contribution in [3.8, 4) is 10.4 Å². The van der Waals surface area contributed by atoms with Gasteiger partial charge in [-0.3, -0.25) is 4.79 Å². The van der Waals surface area contributed by atoms with E-state index in [9.17, 15) is 9.18 Å². The smallest absolute Gasteiger partial charge is 0.150 e. The van der Waals surface area contributed by atoms with Crippen molar-refractivity contribution < 1.29 is 9.18 Å². The Hall–Kier alpha value is -1.48. The molecule has 0 spiro atoms. The second kappa shape index (κ2) is 3.72. The summed E-state index contributed by atoms with van der Waals surface area (Å²) in [4.78, 5) is 11.7. The number of hydrogen-bond donors (Lipinski definition) is 0. The van der Waals surface area contributed by atoms with Gasteiger partial charge in [0.15, 0.2) is 6.29 Å². The number of benzene rings is 1. The fourth-order valence-corrected chi connectivity index (χ4v) is 2.06. The number of hydrogen-bond acceptors (Lipinski definition) is 2. The van der Waals surface area contributed by atoms with E-state index >= 15 is 0 Å². The van der Waals surface area contributed by atoms with Crippen LogP contribution >= 0.6 is 11.3 Å². The summed E-state index contributed by atoms with van der Waals surface area (Å²) in [5.41, 5.74) is 1.18. The molecule has 2 rings (SSSR count). The molecule has 0 bridgehead atoms. The van der Waals surface area contributed by atoms with Gasteiger partial charge in [-0.1, -0.05) is 6.07 Å². The largest absolute Gasteiger partial charge is 0.298 e. The van der Waals surface area contributed by atoms with Gasteiger partial charge >= 0.3 is 0 Å². The highest BCUT2D eigenvalue weighted by molar-refractivity contribution is 7.13. The van der Waals surface area contributed by atoms with Gasteiger partial charge in [0, 0.05) is 16.0 Å². The van der Waals surface area contributed by atoms with E-state index in [0.717, 1.165) is 10.4 Å². The van der Waals surface area contributed by atoms with Crippen molar-refractivity contribution in [1.29, 1.82) is 0 Å². The Balaban J connectivity index is 2.58. The third-order valence-electron chi connectivity index (χ3n) is 1.93. The Bertz CT molecular complexity index is 448. The molecule has 1 nitrogen and oxygen atoms in total. The molecule has 0 fully saturated rings. The predicted molar refractivity (Wildman–Crippen MR) is 55.1 cm³/mol. The summed E-state index contributed by atoms with van der Waals surface area (Å²) in [5.74, 6) is -0.382. The third-order valence-corrected chi connectivity index (χ3v) is 2.83. The summed E-state index contributed by atoms with van der Waals surface area (Å²) in [7, 11) is 0. The van der Waals surface area contributed by atoms with Crippen LogP contribution in [0.2, 0.25) is 0 Å². The molecule has 0 aliphatic rings. The van der Waals surface area contributed by atoms with E-state index in [0.29, 0.717) is 11.8 Å². The van der Waals surface area contributed by atoms with Gasteiger partial charge < -0.3 is 0 Å². The first-order valence-corrected chi connectivity index (χ1v) is 4.98. The van der Waals surface area contributed by atoms with Crippen LogP contribution in [0.15, 0.2) is 35.7 Å². The van der Waals surface area contributed by atoms with Crippen molar-refractivity contribution in [3.05, 3.63) is 47.1 Å². The van der Waals surface area contributed by atoms with Crippen molar-refractivity contribution in [3.63, 3.8) is 0 Å². The molecule has 0 aliphatic carbocycles. The third kappa shape index (κ3) is 1.59. The van der Waals surface area contributed by atoms with Gasteiger partial charge in [0.1, 0.15) is 5.82 Å². The van der Waals surface area contributed by atoms with E-state index in [4.69, 9.17) is 0 Å². The molecule has 14 heavy (non-hydrogen) atoms. The van der Waals surface area contributed by atoms with Gasteiger partial charge in [-0.05, 0) is 29.6 Å². The average Bonchev–Trinajstić information content (AvgIpc) is 2.70. The number of halogens is 1. The van der Waals surface area contributed by atoms with Crippen LogP contribution in [0.5, 0.6) is 0 Å². The molecular formula is C11H7FOS. The summed E-state index contributed by atoms with van der Waals surface area (Å²) in [6.45, 7) is 0. The van der Waals surface area contributed by atoms with Gasteiger partial charge in [-0.15, -0.1) is 11.3 Å². The Labute approximate surface area is 84.8 Å². The van der Waals surface area contributed by atoms with Crippen LogP contribution in [0.1, 0.15) is 10.4 Å². The molecule has 1 aromatic carbocycles. The van der Waals surface area contributed by atoms with Crippen LogP contribution in [-0.2, 0) is 0 Å². The lowest BCUT2D eigenvalue weighted by Gasteiger charge is -2.01. The second-order valence-corrected chi connectivity index (χ2v) is 3.77. The predicted octanol–water partition coefficient (Wildman–Crippen LogP) is 3.37. The van der Waals surface area contributed by atoms with E-state index < -0.39 is 0 Å².